The molecule has 1 aliphatic rings. The van der Waals surface area contributed by atoms with E-state index in [0.29, 0.717) is 12.4 Å². The second-order valence-corrected chi connectivity index (χ2v) is 9.32. The summed E-state index contributed by atoms with van der Waals surface area (Å²) in [7, 11) is 0. The van der Waals surface area contributed by atoms with Gasteiger partial charge in [0.25, 0.3) is 0 Å². The molecule has 3 aromatic heterocycles. The summed E-state index contributed by atoms with van der Waals surface area (Å²) in [6.07, 6.45) is 6.64. The summed E-state index contributed by atoms with van der Waals surface area (Å²) in [6, 6.07) is 11.8. The van der Waals surface area contributed by atoms with Crippen LogP contribution in [0.15, 0.2) is 53.6 Å². The van der Waals surface area contributed by atoms with E-state index in [2.05, 4.69) is 32.5 Å². The summed E-state index contributed by atoms with van der Waals surface area (Å²) >= 11 is 0. The molecule has 3 atom stereocenters. The first kappa shape index (κ1) is 22.9. The molecule has 0 spiro atoms. The highest BCUT2D eigenvalue weighted by Crippen LogP contribution is 2.50. The van der Waals surface area contributed by atoms with E-state index < -0.39 is 0 Å². The van der Waals surface area contributed by atoms with Gasteiger partial charge >= 0.3 is 5.69 Å². The van der Waals surface area contributed by atoms with Gasteiger partial charge in [0.2, 0.25) is 0 Å². The summed E-state index contributed by atoms with van der Waals surface area (Å²) in [5.74, 6) is 0.865. The zero-order valence-corrected chi connectivity index (χ0v) is 20.2. The van der Waals surface area contributed by atoms with Crippen LogP contribution in [0.1, 0.15) is 51.0 Å². The number of carbonyl (C=O) groups is 1. The average Bonchev–Trinajstić information content (AvgIpc) is 3.18. The number of nitrogens with zero attached hydrogens (tertiary/aromatic N) is 6. The van der Waals surface area contributed by atoms with E-state index in [1.165, 1.54) is 0 Å². The van der Waals surface area contributed by atoms with Crippen LogP contribution in [0.4, 0.5) is 0 Å². The third kappa shape index (κ3) is 4.34. The summed E-state index contributed by atoms with van der Waals surface area (Å²) in [5.41, 5.74) is 4.53. The van der Waals surface area contributed by atoms with Crippen LogP contribution in [0.3, 0.4) is 0 Å². The number of aromatic nitrogens is 7. The number of benzene rings is 1. The molecule has 35 heavy (non-hydrogen) atoms. The van der Waals surface area contributed by atoms with Crippen LogP contribution in [-0.4, -0.2) is 40.5 Å². The Morgan fingerprint density at radius 1 is 1.14 bits per heavy atom. The fraction of sp³-hybridized carbons (Fsp3) is 0.385. The van der Waals surface area contributed by atoms with Gasteiger partial charge in [-0.15, -0.1) is 5.10 Å². The fourth-order valence-corrected chi connectivity index (χ4v) is 5.02. The van der Waals surface area contributed by atoms with Crippen LogP contribution in [0.25, 0.3) is 22.5 Å². The van der Waals surface area contributed by atoms with Crippen molar-refractivity contribution in [2.75, 3.05) is 0 Å². The molecule has 1 fully saturated rings. The quantitative estimate of drug-likeness (QED) is 0.399. The third-order valence-electron chi connectivity index (χ3n) is 6.98. The molecule has 4 aromatic rings. The van der Waals surface area contributed by atoms with Crippen LogP contribution < -0.4 is 5.69 Å². The Morgan fingerprint density at radius 2 is 1.94 bits per heavy atom. The molecular weight excluding hydrogens is 442 g/mol. The molecule has 1 N–H and O–H groups in total. The second kappa shape index (κ2) is 9.40. The fourth-order valence-electron chi connectivity index (χ4n) is 5.02. The van der Waals surface area contributed by atoms with E-state index in [4.69, 9.17) is 0 Å². The van der Waals surface area contributed by atoms with Crippen molar-refractivity contribution in [3.05, 3.63) is 70.7 Å². The molecule has 0 aliphatic heterocycles. The van der Waals surface area contributed by atoms with E-state index in [9.17, 15) is 9.59 Å². The van der Waals surface area contributed by atoms with Gasteiger partial charge in [-0.1, -0.05) is 50.6 Å². The number of ketones is 1. The molecular formula is C26H29N7O2. The minimum Gasteiger partial charge on any atom is -0.300 e. The number of Topliss-reactive ketones (excluding diaryl/α,β-unsaturated/α-hetero) is 1. The maximum Gasteiger partial charge on any atom is 0.328 e. The Morgan fingerprint density at radius 3 is 2.57 bits per heavy atom. The molecule has 9 nitrogen and oxygen atoms in total. The van der Waals surface area contributed by atoms with E-state index in [1.54, 1.807) is 11.5 Å². The number of H-pyrrole nitrogens is 1. The number of hydrogen-bond donors (Lipinski definition) is 1. The average molecular weight is 472 g/mol. The largest absolute Gasteiger partial charge is 0.328 e. The van der Waals surface area contributed by atoms with E-state index in [0.717, 1.165) is 47.3 Å². The van der Waals surface area contributed by atoms with E-state index in [1.807, 2.05) is 60.3 Å². The number of aromatic amines is 1. The number of aryl methyl sites for hydroxylation is 1. The Labute approximate surface area is 203 Å². The van der Waals surface area contributed by atoms with E-state index >= 15 is 0 Å². The molecule has 1 saturated carbocycles. The zero-order valence-electron chi connectivity index (χ0n) is 20.2. The Kier molecular flexibility index (Phi) is 6.15. The van der Waals surface area contributed by atoms with Crippen LogP contribution in [0, 0.1) is 11.8 Å². The van der Waals surface area contributed by atoms with Crippen LogP contribution in [0.2, 0.25) is 0 Å². The number of unbranched alkanes of at least 4 members (excludes halogenated alkanes) is 1. The lowest BCUT2D eigenvalue weighted by molar-refractivity contribution is -0.118. The van der Waals surface area contributed by atoms with Gasteiger partial charge in [-0.3, -0.25) is 18.9 Å². The van der Waals surface area contributed by atoms with Crippen molar-refractivity contribution in [2.45, 2.75) is 52.6 Å². The first-order valence-corrected chi connectivity index (χ1v) is 12.1. The van der Waals surface area contributed by atoms with Crippen molar-refractivity contribution >= 4 is 5.78 Å². The first-order valence-electron chi connectivity index (χ1n) is 12.1. The van der Waals surface area contributed by atoms with Crippen molar-refractivity contribution in [1.29, 1.82) is 0 Å². The third-order valence-corrected chi connectivity index (χ3v) is 6.98. The molecule has 0 bridgehead atoms. The number of nitrogens with one attached hydrogen (secondary N) is 1. The lowest BCUT2D eigenvalue weighted by Gasteiger charge is -2.09. The lowest BCUT2D eigenvalue weighted by Crippen LogP contribution is -2.26. The summed E-state index contributed by atoms with van der Waals surface area (Å²) in [5, 5.41) is 14.2. The molecule has 0 radical (unpaired) electrons. The Balaban J connectivity index is 1.43. The van der Waals surface area contributed by atoms with Gasteiger partial charge in [-0.25, -0.2) is 9.89 Å². The maximum atomic E-state index is 13.4. The highest BCUT2D eigenvalue weighted by Gasteiger charge is 2.52. The van der Waals surface area contributed by atoms with E-state index in [-0.39, 0.29) is 29.4 Å². The number of hydrogen-bond acceptors (Lipinski definition) is 6. The molecule has 9 heteroatoms. The van der Waals surface area contributed by atoms with Crippen LogP contribution >= 0.6 is 0 Å². The molecule has 0 saturated heterocycles. The minimum atomic E-state index is -0.0698. The topological polar surface area (TPSA) is 111 Å². The van der Waals surface area contributed by atoms with Gasteiger partial charge < -0.3 is 0 Å². The lowest BCUT2D eigenvalue weighted by atomic mass is 10.0. The highest BCUT2D eigenvalue weighted by molar-refractivity contribution is 5.82. The van der Waals surface area contributed by atoms with Crippen molar-refractivity contribution in [3.63, 3.8) is 0 Å². The van der Waals surface area contributed by atoms with Crippen molar-refractivity contribution in [2.24, 2.45) is 11.8 Å². The molecule has 0 amide bonds. The number of tetrazole rings is 1. The SMILES string of the molecule is CCCCc1cn(C2C(C)C2C(C)=O)c(=O)n1Cc1ccc(-c2ccccc2-c2nnn[nH]2)cn1. The predicted molar refractivity (Wildman–Crippen MR) is 132 cm³/mol. The van der Waals surface area contributed by atoms with Crippen LogP contribution in [-0.2, 0) is 17.8 Å². The molecule has 180 valence electrons. The maximum absolute atomic E-state index is 13.4. The second-order valence-electron chi connectivity index (χ2n) is 9.32. The van der Waals surface area contributed by atoms with Crippen molar-refractivity contribution < 1.29 is 4.79 Å². The molecule has 5 rings (SSSR count). The molecule has 1 aromatic carbocycles. The van der Waals surface area contributed by atoms with Gasteiger partial charge in [0.05, 0.1) is 18.3 Å². The van der Waals surface area contributed by atoms with Crippen molar-refractivity contribution in [3.8, 4) is 22.5 Å². The van der Waals surface area contributed by atoms with Gasteiger partial charge in [0.15, 0.2) is 5.82 Å². The number of pyridine rings is 1. The van der Waals surface area contributed by atoms with Crippen molar-refractivity contribution in [1.82, 2.24) is 34.7 Å². The Hall–Kier alpha value is -3.88. The summed E-state index contributed by atoms with van der Waals surface area (Å²) in [6.45, 7) is 6.19. The normalized spacial score (nSPS) is 19.1. The number of carbonyl (C=O) groups excluding carboxylic acids is 1. The molecule has 1 aliphatic carbocycles. The van der Waals surface area contributed by atoms with Gasteiger partial charge in [-0.05, 0) is 47.7 Å². The minimum absolute atomic E-state index is 0.0426. The highest BCUT2D eigenvalue weighted by atomic mass is 16.2. The van der Waals surface area contributed by atoms with Crippen LogP contribution in [0.5, 0.6) is 0 Å². The van der Waals surface area contributed by atoms with Gasteiger partial charge in [-0.2, -0.15) is 0 Å². The first-order chi connectivity index (χ1) is 17.0. The molecule has 3 heterocycles. The predicted octanol–water partition coefficient (Wildman–Crippen LogP) is 3.68. The monoisotopic (exact) mass is 471 g/mol. The standard InChI is InChI=1S/C26H29N7O2/c1-4-5-8-20-15-33(24-16(2)23(24)17(3)34)26(35)32(20)14-19-12-11-18(13-27-19)21-9-6-7-10-22(21)25-28-30-31-29-25/h6-7,9-13,15-16,23-24H,4-5,8,14H2,1-3H3,(H,28,29,30,31). The smallest absolute Gasteiger partial charge is 0.300 e. The molecule has 3 unspecified atom stereocenters. The van der Waals surface area contributed by atoms with Gasteiger partial charge in [0.1, 0.15) is 5.78 Å². The zero-order chi connectivity index (χ0) is 24.5. The summed E-state index contributed by atoms with van der Waals surface area (Å²) < 4.78 is 3.59. The number of rotatable bonds is 9. The van der Waals surface area contributed by atoms with Gasteiger partial charge in [0, 0.05) is 35.1 Å². The Bertz CT molecular complexity index is 1390. The number of imidazole rings is 1. The summed E-state index contributed by atoms with van der Waals surface area (Å²) in [4.78, 5) is 30.0.